The summed E-state index contributed by atoms with van der Waals surface area (Å²) >= 11 is 5.88. The standard InChI is InChI=1S/C15H14ClN3/c1-10-2-7-14-18-13(15(17)19(14)9-10)8-11-3-5-12(16)6-4-11/h2-7,9H,8,17H2,1H3. The molecule has 0 saturated carbocycles. The lowest BCUT2D eigenvalue weighted by atomic mass is 10.1. The maximum absolute atomic E-state index is 6.16. The van der Waals surface area contributed by atoms with Crippen LogP contribution in [0.1, 0.15) is 16.8 Å². The van der Waals surface area contributed by atoms with Gasteiger partial charge in [-0.2, -0.15) is 0 Å². The van der Waals surface area contributed by atoms with Crippen LogP contribution >= 0.6 is 11.6 Å². The van der Waals surface area contributed by atoms with Crippen molar-refractivity contribution >= 4 is 23.1 Å². The van der Waals surface area contributed by atoms with Gasteiger partial charge in [-0.3, -0.25) is 4.40 Å². The van der Waals surface area contributed by atoms with Crippen molar-refractivity contribution in [1.29, 1.82) is 0 Å². The number of rotatable bonds is 2. The second-order valence-electron chi connectivity index (χ2n) is 4.68. The summed E-state index contributed by atoms with van der Waals surface area (Å²) in [6, 6.07) is 11.8. The van der Waals surface area contributed by atoms with Crippen LogP contribution in [-0.2, 0) is 6.42 Å². The molecule has 1 aromatic carbocycles. The SMILES string of the molecule is Cc1ccc2nc(Cc3ccc(Cl)cc3)c(N)n2c1. The monoisotopic (exact) mass is 271 g/mol. The van der Waals surface area contributed by atoms with Crippen molar-refractivity contribution in [3.63, 3.8) is 0 Å². The van der Waals surface area contributed by atoms with Crippen molar-refractivity contribution in [2.75, 3.05) is 5.73 Å². The van der Waals surface area contributed by atoms with Gasteiger partial charge >= 0.3 is 0 Å². The van der Waals surface area contributed by atoms with Crippen molar-refractivity contribution in [2.24, 2.45) is 0 Å². The Morgan fingerprint density at radius 3 is 2.63 bits per heavy atom. The summed E-state index contributed by atoms with van der Waals surface area (Å²) < 4.78 is 1.93. The van der Waals surface area contributed by atoms with Gasteiger partial charge in [-0.05, 0) is 36.2 Å². The second kappa shape index (κ2) is 4.59. The van der Waals surface area contributed by atoms with Crippen molar-refractivity contribution in [3.05, 3.63) is 64.4 Å². The van der Waals surface area contributed by atoms with E-state index >= 15 is 0 Å². The first-order valence-corrected chi connectivity index (χ1v) is 6.49. The van der Waals surface area contributed by atoms with Crippen molar-refractivity contribution in [2.45, 2.75) is 13.3 Å². The zero-order valence-electron chi connectivity index (χ0n) is 10.6. The average molecular weight is 272 g/mol. The van der Waals surface area contributed by atoms with Gasteiger partial charge in [-0.1, -0.05) is 29.8 Å². The van der Waals surface area contributed by atoms with Gasteiger partial charge in [0.25, 0.3) is 0 Å². The molecular formula is C15H14ClN3. The number of nitrogens with zero attached hydrogens (tertiary/aromatic N) is 2. The molecule has 0 radical (unpaired) electrons. The van der Waals surface area contributed by atoms with E-state index in [0.717, 1.165) is 27.5 Å². The molecule has 0 saturated heterocycles. The highest BCUT2D eigenvalue weighted by Gasteiger charge is 2.09. The van der Waals surface area contributed by atoms with Gasteiger partial charge in [0.15, 0.2) is 0 Å². The fourth-order valence-corrected chi connectivity index (χ4v) is 2.27. The third kappa shape index (κ3) is 2.29. The normalized spacial score (nSPS) is 11.1. The number of nitrogens with two attached hydrogens (primary N) is 1. The summed E-state index contributed by atoms with van der Waals surface area (Å²) in [4.78, 5) is 4.58. The minimum atomic E-state index is 0.702. The minimum absolute atomic E-state index is 0.702. The summed E-state index contributed by atoms with van der Waals surface area (Å²) in [7, 11) is 0. The molecule has 2 aromatic heterocycles. The fourth-order valence-electron chi connectivity index (χ4n) is 2.14. The largest absolute Gasteiger partial charge is 0.383 e. The number of halogens is 1. The highest BCUT2D eigenvalue weighted by molar-refractivity contribution is 6.30. The van der Waals surface area contributed by atoms with E-state index in [1.54, 1.807) is 0 Å². The third-order valence-corrected chi connectivity index (χ3v) is 3.42. The number of aryl methyl sites for hydroxylation is 1. The van der Waals surface area contributed by atoms with E-state index in [0.29, 0.717) is 12.2 Å². The van der Waals surface area contributed by atoms with Crippen LogP contribution in [-0.4, -0.2) is 9.38 Å². The number of hydrogen-bond acceptors (Lipinski definition) is 2. The molecule has 96 valence electrons. The maximum Gasteiger partial charge on any atom is 0.138 e. The van der Waals surface area contributed by atoms with E-state index in [9.17, 15) is 0 Å². The van der Waals surface area contributed by atoms with E-state index in [1.807, 2.05) is 53.9 Å². The molecule has 0 spiro atoms. The Morgan fingerprint density at radius 2 is 1.89 bits per heavy atom. The van der Waals surface area contributed by atoms with E-state index in [1.165, 1.54) is 0 Å². The first kappa shape index (κ1) is 12.1. The van der Waals surface area contributed by atoms with Gasteiger partial charge in [0.2, 0.25) is 0 Å². The summed E-state index contributed by atoms with van der Waals surface area (Å²) in [5, 5.41) is 0.738. The first-order chi connectivity index (χ1) is 9.13. The average Bonchev–Trinajstić information content (AvgIpc) is 2.70. The lowest BCUT2D eigenvalue weighted by molar-refractivity contribution is 1.12. The van der Waals surface area contributed by atoms with Crippen LogP contribution in [0.5, 0.6) is 0 Å². The van der Waals surface area contributed by atoms with E-state index in [-0.39, 0.29) is 0 Å². The summed E-state index contributed by atoms with van der Waals surface area (Å²) in [5.74, 6) is 0.702. The quantitative estimate of drug-likeness (QED) is 0.776. The van der Waals surface area contributed by atoms with E-state index < -0.39 is 0 Å². The molecule has 3 nitrogen and oxygen atoms in total. The van der Waals surface area contributed by atoms with Crippen LogP contribution < -0.4 is 5.73 Å². The molecule has 3 rings (SSSR count). The number of nitrogen functional groups attached to an aromatic ring is 1. The van der Waals surface area contributed by atoms with Crippen molar-refractivity contribution in [1.82, 2.24) is 9.38 Å². The van der Waals surface area contributed by atoms with Crippen LogP contribution in [0, 0.1) is 6.92 Å². The van der Waals surface area contributed by atoms with Crippen LogP contribution in [0.15, 0.2) is 42.6 Å². The molecule has 0 aliphatic heterocycles. The van der Waals surface area contributed by atoms with Gasteiger partial charge in [-0.25, -0.2) is 4.98 Å². The number of aromatic nitrogens is 2. The topological polar surface area (TPSA) is 43.3 Å². The predicted octanol–water partition coefficient (Wildman–Crippen LogP) is 3.47. The number of benzene rings is 1. The molecule has 4 heteroatoms. The predicted molar refractivity (Wildman–Crippen MR) is 78.6 cm³/mol. The van der Waals surface area contributed by atoms with Crippen LogP contribution in [0.25, 0.3) is 5.65 Å². The molecule has 0 unspecified atom stereocenters. The lowest BCUT2D eigenvalue weighted by Crippen LogP contribution is -1.97. The van der Waals surface area contributed by atoms with Crippen LogP contribution in [0.2, 0.25) is 5.02 Å². The van der Waals surface area contributed by atoms with Crippen LogP contribution in [0.4, 0.5) is 5.82 Å². The highest BCUT2D eigenvalue weighted by atomic mass is 35.5. The summed E-state index contributed by atoms with van der Waals surface area (Å²) in [6.45, 7) is 2.04. The molecule has 0 atom stereocenters. The van der Waals surface area contributed by atoms with Crippen LogP contribution in [0.3, 0.4) is 0 Å². The molecule has 2 heterocycles. The Morgan fingerprint density at radius 1 is 1.16 bits per heavy atom. The Kier molecular flexibility index (Phi) is 2.91. The number of imidazole rings is 1. The third-order valence-electron chi connectivity index (χ3n) is 3.16. The Bertz CT molecular complexity index is 729. The molecule has 0 aliphatic rings. The second-order valence-corrected chi connectivity index (χ2v) is 5.12. The Balaban J connectivity index is 2.01. The molecular weight excluding hydrogens is 258 g/mol. The zero-order valence-corrected chi connectivity index (χ0v) is 11.4. The highest BCUT2D eigenvalue weighted by Crippen LogP contribution is 2.20. The first-order valence-electron chi connectivity index (χ1n) is 6.11. The Hall–Kier alpha value is -2.00. The van der Waals surface area contributed by atoms with Crippen molar-refractivity contribution < 1.29 is 0 Å². The Labute approximate surface area is 116 Å². The van der Waals surface area contributed by atoms with E-state index in [4.69, 9.17) is 17.3 Å². The van der Waals surface area contributed by atoms with E-state index in [2.05, 4.69) is 4.98 Å². The number of anilines is 1. The molecule has 3 aromatic rings. The molecule has 0 fully saturated rings. The smallest absolute Gasteiger partial charge is 0.138 e. The van der Waals surface area contributed by atoms with Gasteiger partial charge in [0.05, 0.1) is 5.69 Å². The maximum atomic E-state index is 6.16. The van der Waals surface area contributed by atoms with Gasteiger partial charge in [-0.15, -0.1) is 0 Å². The molecule has 2 N–H and O–H groups in total. The van der Waals surface area contributed by atoms with Gasteiger partial charge in [0, 0.05) is 17.6 Å². The molecule has 19 heavy (non-hydrogen) atoms. The summed E-state index contributed by atoms with van der Waals surface area (Å²) in [5.41, 5.74) is 10.2. The summed E-state index contributed by atoms with van der Waals surface area (Å²) in [6.07, 6.45) is 2.72. The molecule has 0 amide bonds. The van der Waals surface area contributed by atoms with Gasteiger partial charge < -0.3 is 5.73 Å². The fraction of sp³-hybridized carbons (Fsp3) is 0.133. The van der Waals surface area contributed by atoms with Crippen molar-refractivity contribution in [3.8, 4) is 0 Å². The number of pyridine rings is 1. The molecule has 0 bridgehead atoms. The minimum Gasteiger partial charge on any atom is -0.383 e. The number of fused-ring (bicyclic) bond motifs is 1. The zero-order chi connectivity index (χ0) is 13.4. The molecule has 0 aliphatic carbocycles. The van der Waals surface area contributed by atoms with Gasteiger partial charge in [0.1, 0.15) is 11.5 Å². The number of hydrogen-bond donors (Lipinski definition) is 1. The lowest BCUT2D eigenvalue weighted by Gasteiger charge is -2.01.